The highest BCUT2D eigenvalue weighted by molar-refractivity contribution is 7.88. The number of thiophene rings is 1. The maximum Gasteiger partial charge on any atom is 0.215 e. The normalized spacial score (nSPS) is 18.1. The van der Waals surface area contributed by atoms with E-state index in [4.69, 9.17) is 0 Å². The first kappa shape index (κ1) is 19.4. The molecule has 1 aromatic carbocycles. The second-order valence-electron chi connectivity index (χ2n) is 6.65. The fraction of sp³-hybridized carbons (Fsp3) is 0.444. The number of nitrogens with zero attached hydrogens (tertiary/aromatic N) is 2. The largest absolute Gasteiger partial charge is 0.304 e. The third kappa shape index (κ3) is 5.34. The molecule has 2 heterocycles. The first-order valence-electron chi connectivity index (χ1n) is 8.59. The summed E-state index contributed by atoms with van der Waals surface area (Å²) in [5.74, 6) is -0.515. The summed E-state index contributed by atoms with van der Waals surface area (Å²) in [6.45, 7) is 4.11. The second kappa shape index (κ2) is 8.58. The van der Waals surface area contributed by atoms with Gasteiger partial charge in [-0.25, -0.2) is 17.5 Å². The monoisotopic (exact) mass is 397 g/mol. The SMILES string of the molecule is CN1CCN(C(CNS(=O)(=O)Cc2ccc(F)cc2)c2ccsc2)CC1. The van der Waals surface area contributed by atoms with E-state index in [1.165, 1.54) is 24.3 Å². The molecule has 0 amide bonds. The summed E-state index contributed by atoms with van der Waals surface area (Å²) in [5, 5.41) is 4.10. The number of sulfonamides is 1. The number of benzene rings is 1. The van der Waals surface area contributed by atoms with Gasteiger partial charge in [0.25, 0.3) is 0 Å². The van der Waals surface area contributed by atoms with Crippen molar-refractivity contribution in [3.63, 3.8) is 0 Å². The smallest absolute Gasteiger partial charge is 0.215 e. The van der Waals surface area contributed by atoms with Crippen LogP contribution in [-0.2, 0) is 15.8 Å². The minimum Gasteiger partial charge on any atom is -0.304 e. The molecule has 0 radical (unpaired) electrons. The molecule has 0 bridgehead atoms. The Bertz CT molecular complexity index is 786. The van der Waals surface area contributed by atoms with Crippen molar-refractivity contribution in [3.8, 4) is 0 Å². The zero-order chi connectivity index (χ0) is 18.6. The predicted octanol–water partition coefficient (Wildman–Crippen LogP) is 2.30. The van der Waals surface area contributed by atoms with Crippen LogP contribution < -0.4 is 4.72 Å². The summed E-state index contributed by atoms with van der Waals surface area (Å²) < 4.78 is 40.7. The van der Waals surface area contributed by atoms with Gasteiger partial charge in [-0.1, -0.05) is 12.1 Å². The van der Waals surface area contributed by atoms with Crippen LogP contribution in [0.15, 0.2) is 41.1 Å². The van der Waals surface area contributed by atoms with E-state index in [0.717, 1.165) is 31.7 Å². The molecule has 142 valence electrons. The molecule has 1 atom stereocenters. The molecule has 0 spiro atoms. The Morgan fingerprint density at radius 3 is 2.46 bits per heavy atom. The van der Waals surface area contributed by atoms with Crippen molar-refractivity contribution in [1.29, 1.82) is 0 Å². The minimum atomic E-state index is -3.49. The summed E-state index contributed by atoms with van der Waals surface area (Å²) in [5.41, 5.74) is 1.72. The van der Waals surface area contributed by atoms with Gasteiger partial charge in [0.1, 0.15) is 5.82 Å². The molecule has 1 saturated heterocycles. The van der Waals surface area contributed by atoms with Crippen LogP contribution in [0.3, 0.4) is 0 Å². The van der Waals surface area contributed by atoms with E-state index in [2.05, 4.69) is 33.0 Å². The first-order chi connectivity index (χ1) is 12.4. The molecule has 1 fully saturated rings. The van der Waals surface area contributed by atoms with Gasteiger partial charge in [0, 0.05) is 38.8 Å². The first-order valence-corrected chi connectivity index (χ1v) is 11.2. The average Bonchev–Trinajstić information content (AvgIpc) is 3.13. The third-order valence-corrected chi connectivity index (χ3v) is 6.69. The maximum absolute atomic E-state index is 13.0. The van der Waals surface area contributed by atoms with Crippen molar-refractivity contribution in [3.05, 3.63) is 58.0 Å². The number of hydrogen-bond acceptors (Lipinski definition) is 5. The Kier molecular flexibility index (Phi) is 6.42. The molecule has 1 aliphatic rings. The molecular weight excluding hydrogens is 373 g/mol. The molecule has 26 heavy (non-hydrogen) atoms. The Hall–Kier alpha value is -1.32. The molecule has 2 aromatic rings. The van der Waals surface area contributed by atoms with E-state index in [1.807, 2.05) is 5.38 Å². The van der Waals surface area contributed by atoms with Crippen molar-refractivity contribution in [2.24, 2.45) is 0 Å². The Labute approximate surface area is 158 Å². The van der Waals surface area contributed by atoms with Gasteiger partial charge < -0.3 is 4.90 Å². The molecule has 0 saturated carbocycles. The van der Waals surface area contributed by atoms with Gasteiger partial charge in [-0.3, -0.25) is 4.90 Å². The highest BCUT2D eigenvalue weighted by Crippen LogP contribution is 2.24. The number of rotatable bonds is 7. The summed E-state index contributed by atoms with van der Waals surface area (Å²) in [6, 6.07) is 7.66. The van der Waals surface area contributed by atoms with Gasteiger partial charge in [0.15, 0.2) is 0 Å². The van der Waals surface area contributed by atoms with Gasteiger partial charge in [-0.15, -0.1) is 0 Å². The van der Waals surface area contributed by atoms with Crippen molar-refractivity contribution in [2.75, 3.05) is 39.8 Å². The highest BCUT2D eigenvalue weighted by Gasteiger charge is 2.25. The molecular formula is C18H24FN3O2S2. The molecule has 3 rings (SSSR count). The number of nitrogens with one attached hydrogen (secondary N) is 1. The number of piperazine rings is 1. The predicted molar refractivity (Wildman–Crippen MR) is 103 cm³/mol. The molecule has 8 heteroatoms. The highest BCUT2D eigenvalue weighted by atomic mass is 32.2. The van der Waals surface area contributed by atoms with Crippen LogP contribution in [0.25, 0.3) is 0 Å². The van der Waals surface area contributed by atoms with Crippen LogP contribution in [0.1, 0.15) is 17.2 Å². The van der Waals surface area contributed by atoms with Crippen molar-refractivity contribution in [1.82, 2.24) is 14.5 Å². The van der Waals surface area contributed by atoms with Crippen LogP contribution >= 0.6 is 11.3 Å². The van der Waals surface area contributed by atoms with Gasteiger partial charge in [-0.05, 0) is 47.1 Å². The van der Waals surface area contributed by atoms with Crippen LogP contribution in [0, 0.1) is 5.82 Å². The summed E-state index contributed by atoms with van der Waals surface area (Å²) >= 11 is 1.62. The molecule has 5 nitrogen and oxygen atoms in total. The molecule has 1 unspecified atom stereocenters. The van der Waals surface area contributed by atoms with E-state index < -0.39 is 10.0 Å². The number of halogens is 1. The lowest BCUT2D eigenvalue weighted by Crippen LogP contribution is -2.48. The van der Waals surface area contributed by atoms with Crippen molar-refractivity contribution < 1.29 is 12.8 Å². The fourth-order valence-corrected chi connectivity index (χ4v) is 4.97. The van der Waals surface area contributed by atoms with E-state index in [-0.39, 0.29) is 17.6 Å². The van der Waals surface area contributed by atoms with E-state index in [9.17, 15) is 12.8 Å². The van der Waals surface area contributed by atoms with Crippen LogP contribution in [-0.4, -0.2) is 58.0 Å². The zero-order valence-electron chi connectivity index (χ0n) is 14.8. The standard InChI is InChI=1S/C18H24FN3O2S2/c1-21-7-9-22(10-8-21)18(16-6-11-25-13-16)12-20-26(23,24)14-15-2-4-17(19)5-3-15/h2-6,11,13,18,20H,7-10,12,14H2,1H3. The summed E-state index contributed by atoms with van der Waals surface area (Å²) in [4.78, 5) is 4.61. The van der Waals surface area contributed by atoms with Crippen molar-refractivity contribution in [2.45, 2.75) is 11.8 Å². The van der Waals surface area contributed by atoms with E-state index in [1.54, 1.807) is 11.3 Å². The second-order valence-corrected chi connectivity index (χ2v) is 9.23. The molecule has 1 aromatic heterocycles. The molecule has 1 N–H and O–H groups in total. The van der Waals surface area contributed by atoms with E-state index in [0.29, 0.717) is 12.1 Å². The topological polar surface area (TPSA) is 52.6 Å². The lowest BCUT2D eigenvalue weighted by molar-refractivity contribution is 0.113. The number of hydrogen-bond donors (Lipinski definition) is 1. The van der Waals surface area contributed by atoms with E-state index >= 15 is 0 Å². The quantitative estimate of drug-likeness (QED) is 0.779. The van der Waals surface area contributed by atoms with Gasteiger partial charge >= 0.3 is 0 Å². The van der Waals surface area contributed by atoms with Crippen molar-refractivity contribution >= 4 is 21.4 Å². The summed E-state index contributed by atoms with van der Waals surface area (Å²) in [6.07, 6.45) is 0. The minimum absolute atomic E-state index is 0.0259. The summed E-state index contributed by atoms with van der Waals surface area (Å²) in [7, 11) is -1.39. The van der Waals surface area contributed by atoms with Gasteiger partial charge in [0.2, 0.25) is 10.0 Å². The Morgan fingerprint density at radius 2 is 1.85 bits per heavy atom. The number of likely N-dealkylation sites (N-methyl/N-ethyl adjacent to an activating group) is 1. The van der Waals surface area contributed by atoms with Crippen LogP contribution in [0.5, 0.6) is 0 Å². The maximum atomic E-state index is 13.0. The Balaban J connectivity index is 1.66. The molecule has 0 aliphatic carbocycles. The lowest BCUT2D eigenvalue weighted by atomic mass is 10.1. The molecule has 1 aliphatic heterocycles. The Morgan fingerprint density at radius 1 is 1.15 bits per heavy atom. The fourth-order valence-electron chi connectivity index (χ4n) is 3.11. The van der Waals surface area contributed by atoms with Crippen LogP contribution in [0.4, 0.5) is 4.39 Å². The van der Waals surface area contributed by atoms with Gasteiger partial charge in [-0.2, -0.15) is 11.3 Å². The van der Waals surface area contributed by atoms with Crippen LogP contribution in [0.2, 0.25) is 0 Å². The van der Waals surface area contributed by atoms with Gasteiger partial charge in [0.05, 0.1) is 5.75 Å². The average molecular weight is 398 g/mol. The third-order valence-electron chi connectivity index (χ3n) is 4.67. The zero-order valence-corrected chi connectivity index (χ0v) is 16.4. The lowest BCUT2D eigenvalue weighted by Gasteiger charge is -2.37.